The molecule has 0 aromatic heterocycles. The highest BCUT2D eigenvalue weighted by molar-refractivity contribution is 5.88. The maximum atomic E-state index is 12.0. The van der Waals surface area contributed by atoms with Crippen LogP contribution < -0.4 is 9.47 Å². The van der Waals surface area contributed by atoms with Crippen LogP contribution in [0.4, 0.5) is 13.2 Å². The Hall–Kier alpha value is -1.92. The van der Waals surface area contributed by atoms with E-state index in [4.69, 9.17) is 14.6 Å². The first-order valence-corrected chi connectivity index (χ1v) is 5.53. The molecule has 106 valence electrons. The van der Waals surface area contributed by atoms with E-state index in [-0.39, 0.29) is 23.7 Å². The van der Waals surface area contributed by atoms with E-state index in [1.54, 1.807) is 6.92 Å². The van der Waals surface area contributed by atoms with Crippen LogP contribution in [0.25, 0.3) is 0 Å². The van der Waals surface area contributed by atoms with Gasteiger partial charge in [-0.3, -0.25) is 0 Å². The highest BCUT2D eigenvalue weighted by atomic mass is 19.4. The average Bonchev–Trinajstić information content (AvgIpc) is 2.29. The highest BCUT2D eigenvalue weighted by Gasteiger charge is 2.27. The first-order valence-electron chi connectivity index (χ1n) is 5.53. The van der Waals surface area contributed by atoms with E-state index in [2.05, 4.69) is 0 Å². The molecule has 19 heavy (non-hydrogen) atoms. The number of carboxylic acid groups (broad SMARTS) is 1. The van der Waals surface area contributed by atoms with Gasteiger partial charge in [-0.25, -0.2) is 4.79 Å². The summed E-state index contributed by atoms with van der Waals surface area (Å²) in [4.78, 5) is 10.8. The lowest BCUT2D eigenvalue weighted by Gasteiger charge is -2.13. The molecule has 1 rings (SSSR count). The molecule has 1 N–H and O–H groups in total. The zero-order valence-electron chi connectivity index (χ0n) is 10.2. The molecule has 0 fully saturated rings. The van der Waals surface area contributed by atoms with Crippen LogP contribution >= 0.6 is 0 Å². The number of alkyl halides is 3. The zero-order chi connectivity index (χ0) is 14.5. The number of carbonyl (C=O) groups is 1. The minimum Gasteiger partial charge on any atom is -0.490 e. The second-order valence-corrected chi connectivity index (χ2v) is 3.61. The molecule has 0 saturated carbocycles. The number of hydrogen-bond acceptors (Lipinski definition) is 3. The van der Waals surface area contributed by atoms with E-state index in [9.17, 15) is 18.0 Å². The third-order valence-corrected chi connectivity index (χ3v) is 2.13. The topological polar surface area (TPSA) is 55.8 Å². The lowest BCUT2D eigenvalue weighted by molar-refractivity contribution is -0.139. The van der Waals surface area contributed by atoms with Crippen molar-refractivity contribution in [3.8, 4) is 11.5 Å². The average molecular weight is 278 g/mol. The van der Waals surface area contributed by atoms with E-state index in [0.29, 0.717) is 0 Å². The van der Waals surface area contributed by atoms with Crippen molar-refractivity contribution in [2.75, 3.05) is 13.2 Å². The molecule has 1 aromatic rings. The van der Waals surface area contributed by atoms with Crippen molar-refractivity contribution >= 4 is 5.97 Å². The van der Waals surface area contributed by atoms with Crippen molar-refractivity contribution in [3.05, 3.63) is 23.8 Å². The van der Waals surface area contributed by atoms with Crippen LogP contribution in [0.15, 0.2) is 18.2 Å². The molecule has 0 heterocycles. The van der Waals surface area contributed by atoms with Crippen molar-refractivity contribution in [2.45, 2.75) is 19.5 Å². The second-order valence-electron chi connectivity index (χ2n) is 3.61. The van der Waals surface area contributed by atoms with Gasteiger partial charge < -0.3 is 14.6 Å². The number of aromatic carboxylic acids is 1. The van der Waals surface area contributed by atoms with E-state index in [0.717, 1.165) is 0 Å². The summed E-state index contributed by atoms with van der Waals surface area (Å²) in [5.41, 5.74) is -0.0216. The van der Waals surface area contributed by atoms with Gasteiger partial charge in [0.05, 0.1) is 25.2 Å². The molecule has 0 atom stereocenters. The fourth-order valence-corrected chi connectivity index (χ4v) is 1.31. The zero-order valence-corrected chi connectivity index (χ0v) is 10.2. The van der Waals surface area contributed by atoms with Gasteiger partial charge >= 0.3 is 12.1 Å². The van der Waals surface area contributed by atoms with E-state index in [1.807, 2.05) is 0 Å². The summed E-state index contributed by atoms with van der Waals surface area (Å²) >= 11 is 0. The van der Waals surface area contributed by atoms with Crippen LogP contribution in [-0.2, 0) is 0 Å². The molecular weight excluding hydrogens is 265 g/mol. The lowest BCUT2D eigenvalue weighted by atomic mass is 10.2. The van der Waals surface area contributed by atoms with Crippen LogP contribution in [0.3, 0.4) is 0 Å². The summed E-state index contributed by atoms with van der Waals surface area (Å²) in [6, 6.07) is 3.74. The van der Waals surface area contributed by atoms with Gasteiger partial charge in [-0.1, -0.05) is 0 Å². The van der Waals surface area contributed by atoms with Crippen LogP contribution in [0.5, 0.6) is 11.5 Å². The van der Waals surface area contributed by atoms with E-state index < -0.39 is 25.2 Å². The first-order chi connectivity index (χ1) is 8.83. The smallest absolute Gasteiger partial charge is 0.392 e. The molecular formula is C12H13F3O4. The van der Waals surface area contributed by atoms with Crippen molar-refractivity contribution < 1.29 is 32.5 Å². The Morgan fingerprint density at radius 3 is 2.47 bits per heavy atom. The van der Waals surface area contributed by atoms with E-state index in [1.165, 1.54) is 18.2 Å². The van der Waals surface area contributed by atoms with Crippen LogP contribution in [-0.4, -0.2) is 30.5 Å². The quantitative estimate of drug-likeness (QED) is 0.868. The van der Waals surface area contributed by atoms with Gasteiger partial charge in [0, 0.05) is 0 Å². The third-order valence-electron chi connectivity index (χ3n) is 2.13. The molecule has 0 unspecified atom stereocenters. The van der Waals surface area contributed by atoms with Crippen molar-refractivity contribution in [1.82, 2.24) is 0 Å². The normalized spacial score (nSPS) is 11.2. The molecule has 7 heteroatoms. The fourth-order valence-electron chi connectivity index (χ4n) is 1.31. The number of carboxylic acids is 1. The fraction of sp³-hybridized carbons (Fsp3) is 0.417. The summed E-state index contributed by atoms with van der Waals surface area (Å²) in [5.74, 6) is -0.941. The predicted molar refractivity (Wildman–Crippen MR) is 60.7 cm³/mol. The molecule has 0 spiro atoms. The Morgan fingerprint density at radius 1 is 1.26 bits per heavy atom. The maximum absolute atomic E-state index is 12.0. The Bertz CT molecular complexity index is 443. The first kappa shape index (κ1) is 15.1. The number of benzene rings is 1. The summed E-state index contributed by atoms with van der Waals surface area (Å²) in [6.45, 7) is 1.38. The lowest BCUT2D eigenvalue weighted by Crippen LogP contribution is -2.13. The third kappa shape index (κ3) is 5.07. The van der Waals surface area contributed by atoms with Crippen LogP contribution in [0, 0.1) is 0 Å². The molecule has 0 aliphatic carbocycles. The summed E-state index contributed by atoms with van der Waals surface area (Å²) in [5, 5.41) is 8.81. The standard InChI is InChI=1S/C12H13F3O4/c1-2-18-10-7-8(11(16)17)3-4-9(10)19-6-5-12(13,14)15/h3-4,7H,2,5-6H2,1H3,(H,16,17). The van der Waals surface area contributed by atoms with Gasteiger partial charge in [-0.2, -0.15) is 13.2 Å². The van der Waals surface area contributed by atoms with Crippen molar-refractivity contribution in [1.29, 1.82) is 0 Å². The van der Waals surface area contributed by atoms with Crippen molar-refractivity contribution in [2.24, 2.45) is 0 Å². The minimum absolute atomic E-state index is 0.0216. The molecule has 0 amide bonds. The van der Waals surface area contributed by atoms with Crippen molar-refractivity contribution in [3.63, 3.8) is 0 Å². The molecule has 4 nitrogen and oxygen atoms in total. The van der Waals surface area contributed by atoms with Gasteiger partial charge in [0.1, 0.15) is 0 Å². The highest BCUT2D eigenvalue weighted by Crippen LogP contribution is 2.29. The Kier molecular flexibility index (Phi) is 5.02. The number of halogens is 3. The Morgan fingerprint density at radius 2 is 1.95 bits per heavy atom. The largest absolute Gasteiger partial charge is 0.490 e. The number of ether oxygens (including phenoxy) is 2. The SMILES string of the molecule is CCOc1cc(C(=O)O)ccc1OCCC(F)(F)F. The molecule has 0 aliphatic heterocycles. The van der Waals surface area contributed by atoms with Crippen LogP contribution in [0.2, 0.25) is 0 Å². The molecule has 1 aromatic carbocycles. The minimum atomic E-state index is -4.30. The number of rotatable bonds is 6. The summed E-state index contributed by atoms with van der Waals surface area (Å²) in [6.07, 6.45) is -5.38. The maximum Gasteiger partial charge on any atom is 0.392 e. The predicted octanol–water partition coefficient (Wildman–Crippen LogP) is 3.11. The Balaban J connectivity index is 2.79. The number of hydrogen-bond donors (Lipinski definition) is 1. The van der Waals surface area contributed by atoms with Crippen LogP contribution in [0.1, 0.15) is 23.7 Å². The second kappa shape index (κ2) is 6.31. The Labute approximate surface area is 107 Å². The van der Waals surface area contributed by atoms with Gasteiger partial charge in [-0.05, 0) is 25.1 Å². The monoisotopic (exact) mass is 278 g/mol. The van der Waals surface area contributed by atoms with Gasteiger partial charge in [0.25, 0.3) is 0 Å². The van der Waals surface area contributed by atoms with Gasteiger partial charge in [-0.15, -0.1) is 0 Å². The molecule has 0 radical (unpaired) electrons. The van der Waals surface area contributed by atoms with Gasteiger partial charge in [0.15, 0.2) is 11.5 Å². The molecule has 0 aliphatic rings. The molecule has 0 bridgehead atoms. The summed E-state index contributed by atoms with van der Waals surface area (Å²) in [7, 11) is 0. The van der Waals surface area contributed by atoms with E-state index >= 15 is 0 Å². The summed E-state index contributed by atoms with van der Waals surface area (Å²) < 4.78 is 46.1. The molecule has 0 saturated heterocycles. The van der Waals surface area contributed by atoms with Gasteiger partial charge in [0.2, 0.25) is 0 Å².